The lowest BCUT2D eigenvalue weighted by Crippen LogP contribution is -2.29. The van der Waals surface area contributed by atoms with Crippen LogP contribution in [0.15, 0.2) is 38.8 Å². The fourth-order valence-corrected chi connectivity index (χ4v) is 3.16. The molecule has 0 amide bonds. The van der Waals surface area contributed by atoms with Crippen molar-refractivity contribution >= 4 is 37.5 Å². The minimum Gasteiger partial charge on any atom is -0.316 e. The Morgan fingerprint density at radius 1 is 1.08 bits per heavy atom. The molecule has 3 N–H and O–H groups in total. The maximum Gasteiger partial charge on any atom is 0.314 e. The topological polar surface area (TPSA) is 155 Å². The van der Waals surface area contributed by atoms with Crippen LogP contribution < -0.4 is 15.8 Å². The van der Waals surface area contributed by atoms with Gasteiger partial charge in [0.2, 0.25) is 10.0 Å². The van der Waals surface area contributed by atoms with Crippen molar-refractivity contribution in [3.05, 3.63) is 55.1 Å². The SMILES string of the molecule is CNS(=O)(=O)c1ccc2c(c1)c([N+](=O)[O-])cc1[nH]c(=O)c(=O)[nH]c12. The van der Waals surface area contributed by atoms with Crippen LogP contribution in [0.3, 0.4) is 0 Å². The summed E-state index contributed by atoms with van der Waals surface area (Å²) < 4.78 is 25.9. The number of nitrogens with zero attached hydrogens (tertiary/aromatic N) is 1. The number of nitrogens with one attached hydrogen (secondary N) is 3. The van der Waals surface area contributed by atoms with Gasteiger partial charge >= 0.3 is 11.1 Å². The van der Waals surface area contributed by atoms with Crippen LogP contribution in [0.1, 0.15) is 0 Å². The highest BCUT2D eigenvalue weighted by Crippen LogP contribution is 2.32. The molecular formula is C13H10N4O6S. The summed E-state index contributed by atoms with van der Waals surface area (Å²) in [5, 5.41) is 11.6. The van der Waals surface area contributed by atoms with E-state index in [0.29, 0.717) is 0 Å². The maximum atomic E-state index is 11.9. The molecule has 0 saturated carbocycles. The molecule has 0 saturated heterocycles. The predicted octanol–water partition coefficient (Wildman–Crippen LogP) is 0.186. The van der Waals surface area contributed by atoms with Crippen LogP contribution in [0.25, 0.3) is 21.8 Å². The molecule has 24 heavy (non-hydrogen) atoms. The van der Waals surface area contributed by atoms with Gasteiger partial charge in [-0.05, 0) is 19.2 Å². The molecule has 0 fully saturated rings. The van der Waals surface area contributed by atoms with E-state index in [1.165, 1.54) is 19.2 Å². The summed E-state index contributed by atoms with van der Waals surface area (Å²) in [5.74, 6) is 0. The van der Waals surface area contributed by atoms with Gasteiger partial charge < -0.3 is 9.97 Å². The summed E-state index contributed by atoms with van der Waals surface area (Å²) in [6.07, 6.45) is 0. The Balaban J connectivity index is 2.55. The minimum atomic E-state index is -3.80. The summed E-state index contributed by atoms with van der Waals surface area (Å²) >= 11 is 0. The molecule has 124 valence electrons. The van der Waals surface area contributed by atoms with Crippen LogP contribution in [0.2, 0.25) is 0 Å². The van der Waals surface area contributed by atoms with Crippen LogP contribution in [0, 0.1) is 10.1 Å². The molecule has 1 aromatic heterocycles. The second-order valence-electron chi connectivity index (χ2n) is 4.90. The Labute approximate surface area is 133 Å². The van der Waals surface area contributed by atoms with Crippen molar-refractivity contribution in [2.75, 3.05) is 7.05 Å². The van der Waals surface area contributed by atoms with Crippen LogP contribution in [-0.2, 0) is 10.0 Å². The van der Waals surface area contributed by atoms with E-state index < -0.39 is 31.8 Å². The monoisotopic (exact) mass is 350 g/mol. The standard InChI is InChI=1S/C13H10N4O6S/c1-14-24(22,23)6-2-3-7-8(4-6)10(17(20)21)5-9-11(7)16-13(19)12(18)15-9/h2-5,14H,1H3,(H,15,18)(H,16,19). The Morgan fingerprint density at radius 2 is 1.75 bits per heavy atom. The zero-order chi connectivity index (χ0) is 17.6. The van der Waals surface area contributed by atoms with Crippen LogP contribution >= 0.6 is 0 Å². The van der Waals surface area contributed by atoms with Crippen molar-refractivity contribution in [1.82, 2.24) is 14.7 Å². The fourth-order valence-electron chi connectivity index (χ4n) is 2.40. The van der Waals surface area contributed by atoms with Crippen LogP contribution in [0.5, 0.6) is 0 Å². The second-order valence-corrected chi connectivity index (χ2v) is 6.79. The van der Waals surface area contributed by atoms with Crippen LogP contribution in [0.4, 0.5) is 5.69 Å². The molecule has 0 radical (unpaired) electrons. The molecule has 11 heteroatoms. The van der Waals surface area contributed by atoms with Crippen molar-refractivity contribution in [3.8, 4) is 0 Å². The minimum absolute atomic E-state index is 0.0199. The zero-order valence-corrected chi connectivity index (χ0v) is 12.9. The number of nitro groups is 1. The number of benzene rings is 2. The molecule has 0 atom stereocenters. The van der Waals surface area contributed by atoms with Gasteiger partial charge in [0.05, 0.1) is 26.2 Å². The third kappa shape index (κ3) is 2.35. The summed E-state index contributed by atoms with van der Waals surface area (Å²) in [4.78, 5) is 38.0. The number of hydrogen-bond donors (Lipinski definition) is 3. The van der Waals surface area contributed by atoms with E-state index in [4.69, 9.17) is 0 Å². The van der Waals surface area contributed by atoms with Gasteiger partial charge in [0.15, 0.2) is 0 Å². The molecule has 0 aliphatic heterocycles. The number of sulfonamides is 1. The van der Waals surface area contributed by atoms with Gasteiger partial charge in [-0.3, -0.25) is 19.7 Å². The molecule has 0 spiro atoms. The lowest BCUT2D eigenvalue weighted by molar-refractivity contribution is -0.383. The first-order valence-corrected chi connectivity index (χ1v) is 8.04. The molecular weight excluding hydrogens is 340 g/mol. The van der Waals surface area contributed by atoms with Gasteiger partial charge in [-0.2, -0.15) is 0 Å². The van der Waals surface area contributed by atoms with E-state index >= 15 is 0 Å². The highest BCUT2D eigenvalue weighted by atomic mass is 32.2. The van der Waals surface area contributed by atoms with Gasteiger partial charge in [0.25, 0.3) is 5.69 Å². The van der Waals surface area contributed by atoms with Gasteiger partial charge in [-0.15, -0.1) is 0 Å². The average Bonchev–Trinajstić information content (AvgIpc) is 2.54. The Bertz CT molecular complexity index is 1220. The second kappa shape index (κ2) is 5.25. The van der Waals surface area contributed by atoms with E-state index in [1.54, 1.807) is 0 Å². The summed E-state index contributed by atoms with van der Waals surface area (Å²) in [7, 11) is -2.58. The van der Waals surface area contributed by atoms with Crippen molar-refractivity contribution in [3.63, 3.8) is 0 Å². The lowest BCUT2D eigenvalue weighted by atomic mass is 10.1. The summed E-state index contributed by atoms with van der Waals surface area (Å²) in [6, 6.07) is 4.80. The molecule has 10 nitrogen and oxygen atoms in total. The number of aromatic amines is 2. The Hall–Kier alpha value is -3.05. The maximum absolute atomic E-state index is 11.9. The van der Waals surface area contributed by atoms with Crippen molar-refractivity contribution in [2.24, 2.45) is 0 Å². The molecule has 2 aromatic carbocycles. The van der Waals surface area contributed by atoms with Crippen molar-refractivity contribution < 1.29 is 13.3 Å². The molecule has 0 aliphatic carbocycles. The summed E-state index contributed by atoms with van der Waals surface area (Å²) in [6.45, 7) is 0. The third-order valence-electron chi connectivity index (χ3n) is 3.56. The number of H-pyrrole nitrogens is 2. The fraction of sp³-hybridized carbons (Fsp3) is 0.0769. The van der Waals surface area contributed by atoms with Gasteiger partial charge in [-0.1, -0.05) is 6.07 Å². The predicted molar refractivity (Wildman–Crippen MR) is 85.6 cm³/mol. The van der Waals surface area contributed by atoms with E-state index in [-0.39, 0.29) is 26.7 Å². The lowest BCUT2D eigenvalue weighted by Gasteiger charge is -2.07. The van der Waals surface area contributed by atoms with Crippen molar-refractivity contribution in [2.45, 2.75) is 4.90 Å². The number of fused-ring (bicyclic) bond motifs is 3. The van der Waals surface area contributed by atoms with E-state index in [1.807, 2.05) is 0 Å². The Morgan fingerprint density at radius 3 is 2.38 bits per heavy atom. The summed E-state index contributed by atoms with van der Waals surface area (Å²) in [5.41, 5.74) is -2.00. The number of nitro benzene ring substituents is 1. The van der Waals surface area contributed by atoms with Crippen LogP contribution in [-0.4, -0.2) is 30.4 Å². The molecule has 0 unspecified atom stereocenters. The quantitative estimate of drug-likeness (QED) is 0.265. The normalized spacial score (nSPS) is 11.9. The van der Waals surface area contributed by atoms with Gasteiger partial charge in [0, 0.05) is 11.5 Å². The number of rotatable bonds is 3. The molecule has 3 aromatic rings. The van der Waals surface area contributed by atoms with Crippen molar-refractivity contribution in [1.29, 1.82) is 0 Å². The number of non-ortho nitro benzene ring substituents is 1. The average molecular weight is 350 g/mol. The van der Waals surface area contributed by atoms with E-state index in [0.717, 1.165) is 12.1 Å². The van der Waals surface area contributed by atoms with E-state index in [9.17, 15) is 28.1 Å². The first-order chi connectivity index (χ1) is 11.2. The highest BCUT2D eigenvalue weighted by Gasteiger charge is 2.20. The Kier molecular flexibility index (Phi) is 3.46. The zero-order valence-electron chi connectivity index (χ0n) is 12.1. The molecule has 0 bridgehead atoms. The smallest absolute Gasteiger partial charge is 0.314 e. The first kappa shape index (κ1) is 15.8. The number of aromatic nitrogens is 2. The first-order valence-electron chi connectivity index (χ1n) is 6.55. The van der Waals surface area contributed by atoms with Gasteiger partial charge in [-0.25, -0.2) is 13.1 Å². The van der Waals surface area contributed by atoms with Gasteiger partial charge in [0.1, 0.15) is 0 Å². The molecule has 3 rings (SSSR count). The highest BCUT2D eigenvalue weighted by molar-refractivity contribution is 7.89. The largest absolute Gasteiger partial charge is 0.316 e. The molecule has 0 aliphatic rings. The molecule has 1 heterocycles. The third-order valence-corrected chi connectivity index (χ3v) is 4.97. The van der Waals surface area contributed by atoms with E-state index in [2.05, 4.69) is 14.7 Å². The number of hydrogen-bond acceptors (Lipinski definition) is 6.